The van der Waals surface area contributed by atoms with Crippen molar-refractivity contribution in [2.24, 2.45) is 0 Å². The molecule has 0 radical (unpaired) electrons. The minimum Gasteiger partial charge on any atom is -0.292 e. The number of pyridine rings is 1. The molecular formula is C22H28N2S. The summed E-state index contributed by atoms with van der Waals surface area (Å²) in [6.07, 6.45) is 11.6. The first-order valence-electron chi connectivity index (χ1n) is 9.79. The summed E-state index contributed by atoms with van der Waals surface area (Å²) in [5.74, 6) is 0. The van der Waals surface area contributed by atoms with Crippen molar-refractivity contribution in [2.45, 2.75) is 67.8 Å². The lowest BCUT2D eigenvalue weighted by molar-refractivity contribution is 0.248. The van der Waals surface area contributed by atoms with Crippen LogP contribution in [0.5, 0.6) is 0 Å². The van der Waals surface area contributed by atoms with E-state index in [2.05, 4.69) is 53.6 Å². The summed E-state index contributed by atoms with van der Waals surface area (Å²) >= 11 is 1.99. The maximum absolute atomic E-state index is 4.80. The van der Waals surface area contributed by atoms with Gasteiger partial charge < -0.3 is 0 Å². The number of nitrogens with zero attached hydrogens (tertiary/aromatic N) is 2. The molecule has 25 heavy (non-hydrogen) atoms. The third kappa shape index (κ3) is 4.45. The van der Waals surface area contributed by atoms with E-state index in [1.165, 1.54) is 67.6 Å². The second-order valence-corrected chi connectivity index (χ2v) is 8.74. The van der Waals surface area contributed by atoms with Crippen LogP contribution in [0.4, 0.5) is 0 Å². The summed E-state index contributed by atoms with van der Waals surface area (Å²) in [7, 11) is 0. The van der Waals surface area contributed by atoms with Crippen LogP contribution >= 0.6 is 11.8 Å². The van der Waals surface area contributed by atoms with E-state index in [4.69, 9.17) is 4.98 Å². The molecule has 1 aliphatic heterocycles. The molecule has 0 N–H and O–H groups in total. The molecule has 2 aromatic rings. The Kier molecular flexibility index (Phi) is 5.73. The van der Waals surface area contributed by atoms with Gasteiger partial charge in [-0.1, -0.05) is 55.7 Å². The smallest absolute Gasteiger partial charge is 0.0962 e. The van der Waals surface area contributed by atoms with Gasteiger partial charge >= 0.3 is 0 Å². The third-order valence-electron chi connectivity index (χ3n) is 5.58. The van der Waals surface area contributed by atoms with Gasteiger partial charge in [-0.3, -0.25) is 4.90 Å². The first-order chi connectivity index (χ1) is 12.4. The zero-order valence-corrected chi connectivity index (χ0v) is 15.8. The molecule has 1 atom stereocenters. The fourth-order valence-electron chi connectivity index (χ4n) is 4.22. The van der Waals surface area contributed by atoms with Crippen molar-refractivity contribution in [2.75, 3.05) is 6.54 Å². The average molecular weight is 353 g/mol. The molecule has 132 valence electrons. The second-order valence-electron chi connectivity index (χ2n) is 7.42. The van der Waals surface area contributed by atoms with Gasteiger partial charge in [-0.05, 0) is 49.4 Å². The van der Waals surface area contributed by atoms with E-state index in [-0.39, 0.29) is 0 Å². The van der Waals surface area contributed by atoms with Crippen LogP contribution in [0.1, 0.15) is 62.1 Å². The molecule has 1 saturated carbocycles. The van der Waals surface area contributed by atoms with Crippen LogP contribution in [0.2, 0.25) is 0 Å². The molecule has 2 nitrogen and oxygen atoms in total. The van der Waals surface area contributed by atoms with E-state index in [9.17, 15) is 0 Å². The summed E-state index contributed by atoms with van der Waals surface area (Å²) in [6, 6.07) is 16.0. The summed E-state index contributed by atoms with van der Waals surface area (Å²) in [6.45, 7) is 2.24. The number of hydrogen-bond acceptors (Lipinski definition) is 3. The fraction of sp³-hybridized carbons (Fsp3) is 0.500. The molecule has 4 rings (SSSR count). The Labute approximate surface area is 156 Å². The lowest BCUT2D eigenvalue weighted by atomic mass is 10.0. The van der Waals surface area contributed by atoms with Crippen molar-refractivity contribution in [3.63, 3.8) is 0 Å². The van der Waals surface area contributed by atoms with Crippen LogP contribution in [0, 0.1) is 0 Å². The van der Waals surface area contributed by atoms with Crippen molar-refractivity contribution < 1.29 is 0 Å². The minimum atomic E-state index is 0.529. The molecule has 0 spiro atoms. The Morgan fingerprint density at radius 3 is 2.52 bits per heavy atom. The van der Waals surface area contributed by atoms with Gasteiger partial charge in [-0.15, -0.1) is 11.8 Å². The first-order valence-corrected chi connectivity index (χ1v) is 10.7. The lowest BCUT2D eigenvalue weighted by Crippen LogP contribution is -2.22. The summed E-state index contributed by atoms with van der Waals surface area (Å²) in [5, 5.41) is 2.00. The van der Waals surface area contributed by atoms with E-state index in [0.29, 0.717) is 6.04 Å². The standard InChI is InChI=1S/C22H28N2S/c1-3-8-18(9-4-1)17-24-15-7-12-21(24)19-13-14-22(23-16-19)25-20-10-5-2-6-11-20/h1,3-4,8-9,13-14,16,20-21H,2,5-7,10-12,15,17H2/t21-/m0/s1. The fourth-order valence-corrected chi connectivity index (χ4v) is 5.39. The molecule has 1 saturated heterocycles. The first kappa shape index (κ1) is 17.1. The topological polar surface area (TPSA) is 16.1 Å². The highest BCUT2D eigenvalue weighted by Crippen LogP contribution is 2.35. The highest BCUT2D eigenvalue weighted by atomic mass is 32.2. The average Bonchev–Trinajstić information content (AvgIpc) is 3.12. The summed E-state index contributed by atoms with van der Waals surface area (Å²) < 4.78 is 0. The van der Waals surface area contributed by atoms with E-state index in [1.807, 2.05) is 11.8 Å². The monoisotopic (exact) mass is 352 g/mol. The van der Waals surface area contributed by atoms with Crippen molar-refractivity contribution in [3.8, 4) is 0 Å². The predicted octanol–water partition coefficient (Wildman–Crippen LogP) is 5.84. The van der Waals surface area contributed by atoms with Crippen molar-refractivity contribution in [3.05, 3.63) is 59.8 Å². The van der Waals surface area contributed by atoms with Crippen LogP contribution in [0.3, 0.4) is 0 Å². The van der Waals surface area contributed by atoms with Crippen LogP contribution in [0.15, 0.2) is 53.7 Å². The maximum atomic E-state index is 4.80. The quantitative estimate of drug-likeness (QED) is 0.672. The number of likely N-dealkylation sites (tertiary alicyclic amines) is 1. The number of thioether (sulfide) groups is 1. The Bertz CT molecular complexity index is 649. The summed E-state index contributed by atoms with van der Waals surface area (Å²) in [4.78, 5) is 7.41. The molecule has 2 fully saturated rings. The number of aromatic nitrogens is 1. The molecular weight excluding hydrogens is 324 g/mol. The Morgan fingerprint density at radius 2 is 1.76 bits per heavy atom. The van der Waals surface area contributed by atoms with Gasteiger partial charge in [0.15, 0.2) is 0 Å². The van der Waals surface area contributed by atoms with Gasteiger partial charge in [0.05, 0.1) is 5.03 Å². The SMILES string of the molecule is c1ccc(CN2CCC[C@H]2c2ccc(SC3CCCCC3)nc2)cc1. The molecule has 0 bridgehead atoms. The van der Waals surface area contributed by atoms with E-state index < -0.39 is 0 Å². The molecule has 3 heteroatoms. The van der Waals surface area contributed by atoms with Crippen molar-refractivity contribution in [1.29, 1.82) is 0 Å². The van der Waals surface area contributed by atoms with Crippen LogP contribution in [-0.2, 0) is 6.54 Å². The molecule has 1 aliphatic carbocycles. The maximum Gasteiger partial charge on any atom is 0.0962 e. The van der Waals surface area contributed by atoms with Crippen LogP contribution < -0.4 is 0 Å². The Balaban J connectivity index is 1.40. The van der Waals surface area contributed by atoms with E-state index in [1.54, 1.807) is 0 Å². The Hall–Kier alpha value is -1.32. The summed E-state index contributed by atoms with van der Waals surface area (Å²) in [5.41, 5.74) is 2.80. The van der Waals surface area contributed by atoms with Crippen LogP contribution in [0.25, 0.3) is 0 Å². The third-order valence-corrected chi connectivity index (χ3v) is 6.86. The molecule has 0 unspecified atom stereocenters. The normalized spacial score (nSPS) is 22.3. The number of rotatable bonds is 5. The van der Waals surface area contributed by atoms with Gasteiger partial charge in [-0.25, -0.2) is 4.98 Å². The molecule has 1 aromatic carbocycles. The largest absolute Gasteiger partial charge is 0.292 e. The second kappa shape index (κ2) is 8.37. The lowest BCUT2D eigenvalue weighted by Gasteiger charge is -2.25. The highest BCUT2D eigenvalue weighted by molar-refractivity contribution is 7.99. The van der Waals surface area contributed by atoms with Gasteiger partial charge in [0, 0.05) is 24.0 Å². The van der Waals surface area contributed by atoms with E-state index in [0.717, 1.165) is 11.8 Å². The predicted molar refractivity (Wildman–Crippen MR) is 106 cm³/mol. The van der Waals surface area contributed by atoms with Gasteiger partial charge in [0.25, 0.3) is 0 Å². The van der Waals surface area contributed by atoms with Gasteiger partial charge in [-0.2, -0.15) is 0 Å². The van der Waals surface area contributed by atoms with Crippen LogP contribution in [-0.4, -0.2) is 21.7 Å². The zero-order chi connectivity index (χ0) is 16.9. The minimum absolute atomic E-state index is 0.529. The van der Waals surface area contributed by atoms with Gasteiger partial charge in [0.2, 0.25) is 0 Å². The number of benzene rings is 1. The highest BCUT2D eigenvalue weighted by Gasteiger charge is 2.26. The van der Waals surface area contributed by atoms with Gasteiger partial charge in [0.1, 0.15) is 0 Å². The van der Waals surface area contributed by atoms with E-state index >= 15 is 0 Å². The van der Waals surface area contributed by atoms with Crippen molar-refractivity contribution >= 4 is 11.8 Å². The molecule has 2 aliphatic rings. The Morgan fingerprint density at radius 1 is 0.920 bits per heavy atom. The zero-order valence-electron chi connectivity index (χ0n) is 14.9. The molecule has 1 aromatic heterocycles. The number of hydrogen-bond donors (Lipinski definition) is 0. The molecule has 0 amide bonds. The molecule has 2 heterocycles. The van der Waals surface area contributed by atoms with Crippen molar-refractivity contribution in [1.82, 2.24) is 9.88 Å².